The molecule has 154 valence electrons. The van der Waals surface area contributed by atoms with Gasteiger partial charge in [0.15, 0.2) is 0 Å². The number of pyridine rings is 1. The van der Waals surface area contributed by atoms with Gasteiger partial charge in [-0.2, -0.15) is 0 Å². The van der Waals surface area contributed by atoms with Crippen molar-refractivity contribution in [3.8, 4) is 5.75 Å². The van der Waals surface area contributed by atoms with Gasteiger partial charge >= 0.3 is 0 Å². The Morgan fingerprint density at radius 2 is 2.00 bits per heavy atom. The van der Waals surface area contributed by atoms with Crippen molar-refractivity contribution < 1.29 is 14.3 Å². The number of aromatic nitrogens is 1. The van der Waals surface area contributed by atoms with Gasteiger partial charge in [0, 0.05) is 41.2 Å². The van der Waals surface area contributed by atoms with Crippen LogP contribution in [0.4, 0.5) is 0 Å². The summed E-state index contributed by atoms with van der Waals surface area (Å²) in [4.78, 5) is 28.0. The SMILES string of the molecule is Cc1cc(C)c(CNC(=O)c2cc(Cl)cc3c2C(C)OC2(CCCC2)O3)c(=O)[nH]1. The molecule has 0 radical (unpaired) electrons. The molecule has 1 atom stereocenters. The molecular weight excluding hydrogens is 392 g/mol. The fraction of sp³-hybridized carbons (Fsp3) is 0.455. The van der Waals surface area contributed by atoms with Crippen LogP contribution in [0.5, 0.6) is 5.75 Å². The van der Waals surface area contributed by atoms with Crippen LogP contribution >= 0.6 is 11.6 Å². The molecule has 1 fully saturated rings. The first-order valence-electron chi connectivity index (χ1n) is 9.96. The Morgan fingerprint density at radius 1 is 1.28 bits per heavy atom. The van der Waals surface area contributed by atoms with E-state index < -0.39 is 5.79 Å². The average Bonchev–Trinajstić information content (AvgIpc) is 3.06. The molecule has 1 saturated carbocycles. The fourth-order valence-corrected chi connectivity index (χ4v) is 4.60. The summed E-state index contributed by atoms with van der Waals surface area (Å²) < 4.78 is 12.4. The Hall–Kier alpha value is -2.31. The van der Waals surface area contributed by atoms with Crippen molar-refractivity contribution in [2.75, 3.05) is 0 Å². The van der Waals surface area contributed by atoms with Crippen molar-refractivity contribution in [1.82, 2.24) is 10.3 Å². The van der Waals surface area contributed by atoms with E-state index in [1.165, 1.54) is 0 Å². The number of aromatic amines is 1. The third-order valence-electron chi connectivity index (χ3n) is 5.73. The Bertz CT molecular complexity index is 1020. The lowest BCUT2D eigenvalue weighted by Gasteiger charge is -2.39. The Labute approximate surface area is 174 Å². The first kappa shape index (κ1) is 20.0. The van der Waals surface area contributed by atoms with Crippen LogP contribution in [0.3, 0.4) is 0 Å². The lowest BCUT2D eigenvalue weighted by atomic mass is 9.98. The summed E-state index contributed by atoms with van der Waals surface area (Å²) in [6.45, 7) is 5.74. The van der Waals surface area contributed by atoms with Crippen LogP contribution < -0.4 is 15.6 Å². The van der Waals surface area contributed by atoms with E-state index in [2.05, 4.69) is 10.3 Å². The van der Waals surface area contributed by atoms with Crippen molar-refractivity contribution in [3.05, 3.63) is 61.5 Å². The van der Waals surface area contributed by atoms with Crippen LogP contribution in [0.1, 0.15) is 71.5 Å². The molecule has 0 bridgehead atoms. The van der Waals surface area contributed by atoms with Crippen LogP contribution in [-0.2, 0) is 11.3 Å². The number of carbonyl (C=O) groups excluding carboxylic acids is 1. The van der Waals surface area contributed by atoms with E-state index in [-0.39, 0.29) is 24.1 Å². The van der Waals surface area contributed by atoms with Gasteiger partial charge in [-0.3, -0.25) is 9.59 Å². The third kappa shape index (κ3) is 3.79. The van der Waals surface area contributed by atoms with Crippen LogP contribution in [0.15, 0.2) is 23.0 Å². The fourth-order valence-electron chi connectivity index (χ4n) is 4.39. The molecule has 1 aliphatic heterocycles. The summed E-state index contributed by atoms with van der Waals surface area (Å²) in [5, 5.41) is 3.28. The first-order valence-corrected chi connectivity index (χ1v) is 10.3. The number of amides is 1. The molecule has 2 aromatic rings. The van der Waals surface area contributed by atoms with Crippen molar-refractivity contribution in [3.63, 3.8) is 0 Å². The predicted molar refractivity (Wildman–Crippen MR) is 110 cm³/mol. The number of ether oxygens (including phenoxy) is 2. The molecule has 29 heavy (non-hydrogen) atoms. The highest BCUT2D eigenvalue weighted by Crippen LogP contribution is 2.47. The maximum Gasteiger partial charge on any atom is 0.253 e. The topological polar surface area (TPSA) is 80.4 Å². The number of hydrogen-bond acceptors (Lipinski definition) is 4. The predicted octanol–water partition coefficient (Wildman–Crippen LogP) is 4.32. The molecule has 6 nitrogen and oxygen atoms in total. The van der Waals surface area contributed by atoms with E-state index in [4.69, 9.17) is 21.1 Å². The van der Waals surface area contributed by atoms with Crippen LogP contribution in [0, 0.1) is 13.8 Å². The van der Waals surface area contributed by atoms with Crippen molar-refractivity contribution >= 4 is 17.5 Å². The molecule has 4 rings (SSSR count). The van der Waals surface area contributed by atoms with Crippen LogP contribution in [0.25, 0.3) is 0 Å². The zero-order valence-electron chi connectivity index (χ0n) is 16.9. The average molecular weight is 417 g/mol. The number of hydrogen-bond donors (Lipinski definition) is 2. The van der Waals surface area contributed by atoms with Gasteiger partial charge in [0.05, 0.1) is 11.7 Å². The van der Waals surface area contributed by atoms with Crippen LogP contribution in [-0.4, -0.2) is 16.7 Å². The minimum absolute atomic E-state index is 0.127. The second-order valence-electron chi connectivity index (χ2n) is 7.97. The minimum atomic E-state index is -0.614. The first-order chi connectivity index (χ1) is 13.8. The molecule has 0 saturated heterocycles. The smallest absolute Gasteiger partial charge is 0.253 e. The van der Waals surface area contributed by atoms with E-state index in [1.54, 1.807) is 12.1 Å². The van der Waals surface area contributed by atoms with Crippen molar-refractivity contribution in [1.29, 1.82) is 0 Å². The van der Waals surface area contributed by atoms with Gasteiger partial charge in [-0.15, -0.1) is 0 Å². The highest BCUT2D eigenvalue weighted by molar-refractivity contribution is 6.31. The zero-order chi connectivity index (χ0) is 20.8. The normalized spacial score (nSPS) is 19.7. The maximum atomic E-state index is 13.0. The van der Waals surface area contributed by atoms with Gasteiger partial charge in [-0.25, -0.2) is 0 Å². The van der Waals surface area contributed by atoms with E-state index >= 15 is 0 Å². The van der Waals surface area contributed by atoms with E-state index in [0.717, 1.165) is 36.9 Å². The molecule has 2 N–H and O–H groups in total. The molecule has 1 amide bonds. The van der Waals surface area contributed by atoms with E-state index in [9.17, 15) is 9.59 Å². The van der Waals surface area contributed by atoms with Gasteiger partial charge in [-0.05, 0) is 57.4 Å². The number of halogens is 1. The Balaban J connectivity index is 1.62. The summed E-state index contributed by atoms with van der Waals surface area (Å²) >= 11 is 6.30. The number of benzene rings is 1. The molecule has 2 aliphatic rings. The van der Waals surface area contributed by atoms with Gasteiger partial charge in [0.1, 0.15) is 5.75 Å². The second-order valence-corrected chi connectivity index (χ2v) is 8.41. The summed E-state index contributed by atoms with van der Waals surface area (Å²) in [5.74, 6) is -0.325. The molecule has 2 heterocycles. The molecular formula is C22H25ClN2O4. The molecule has 1 aromatic heterocycles. The number of fused-ring (bicyclic) bond motifs is 1. The molecule has 1 spiro atoms. The van der Waals surface area contributed by atoms with Crippen molar-refractivity contribution in [2.24, 2.45) is 0 Å². The number of rotatable bonds is 3. The van der Waals surface area contributed by atoms with Gasteiger partial charge in [0.25, 0.3) is 11.5 Å². The quantitative estimate of drug-likeness (QED) is 0.781. The van der Waals surface area contributed by atoms with Gasteiger partial charge in [-0.1, -0.05) is 11.6 Å². The summed E-state index contributed by atoms with van der Waals surface area (Å²) in [5.41, 5.74) is 3.07. The van der Waals surface area contributed by atoms with Gasteiger partial charge < -0.3 is 19.8 Å². The zero-order valence-corrected chi connectivity index (χ0v) is 17.6. The summed E-state index contributed by atoms with van der Waals surface area (Å²) in [6, 6.07) is 5.26. The largest absolute Gasteiger partial charge is 0.462 e. The number of nitrogens with one attached hydrogen (secondary N) is 2. The number of aryl methyl sites for hydroxylation is 2. The highest BCUT2D eigenvalue weighted by atomic mass is 35.5. The molecule has 1 unspecified atom stereocenters. The monoisotopic (exact) mass is 416 g/mol. The van der Waals surface area contributed by atoms with Crippen LogP contribution in [0.2, 0.25) is 5.02 Å². The minimum Gasteiger partial charge on any atom is -0.462 e. The maximum absolute atomic E-state index is 13.0. The summed E-state index contributed by atoms with van der Waals surface area (Å²) in [6.07, 6.45) is 3.49. The Morgan fingerprint density at radius 3 is 2.69 bits per heavy atom. The highest BCUT2D eigenvalue weighted by Gasteiger charge is 2.44. The lowest BCUT2D eigenvalue weighted by molar-refractivity contribution is -0.221. The summed E-state index contributed by atoms with van der Waals surface area (Å²) in [7, 11) is 0. The number of carbonyl (C=O) groups is 1. The molecule has 7 heteroatoms. The van der Waals surface area contributed by atoms with Gasteiger partial charge in [0.2, 0.25) is 5.79 Å². The number of H-pyrrole nitrogens is 1. The third-order valence-corrected chi connectivity index (χ3v) is 5.95. The van der Waals surface area contributed by atoms with E-state index in [1.807, 2.05) is 26.8 Å². The van der Waals surface area contributed by atoms with E-state index in [0.29, 0.717) is 27.5 Å². The molecule has 1 aliphatic carbocycles. The van der Waals surface area contributed by atoms with Crippen molar-refractivity contribution in [2.45, 2.75) is 64.9 Å². The Kier molecular flexibility index (Phi) is 5.17. The molecule has 1 aromatic carbocycles. The lowest BCUT2D eigenvalue weighted by Crippen LogP contribution is -2.41. The standard InChI is InChI=1S/C22H25ClN2O4/c1-12-8-13(2)25-21(27)17(12)11-24-20(26)16-9-15(23)10-18-19(16)14(3)28-22(29-18)6-4-5-7-22/h8-10,14H,4-7,11H2,1-3H3,(H,24,26)(H,25,27). The second kappa shape index (κ2) is 7.50.